The van der Waals surface area contributed by atoms with E-state index in [1.54, 1.807) is 0 Å². The molecule has 0 unspecified atom stereocenters. The van der Waals surface area contributed by atoms with Crippen molar-refractivity contribution in [2.45, 2.75) is 79.4 Å². The number of allylic oxidation sites excluding steroid dienone is 2. The summed E-state index contributed by atoms with van der Waals surface area (Å²) < 4.78 is 6.23. The fourth-order valence-corrected chi connectivity index (χ4v) is 4.75. The maximum absolute atomic E-state index is 10.4. The molecule has 0 fully saturated rings. The molecule has 1 aromatic rings. The SMILES string of the molecule is C#Cc1nc(C2=C(C)[C@@H](OC(=C)CCC(C)(C)C(=C)[C@H](C)[C@@H](O)C(C)C)CC2)cs1. The molecule has 2 rings (SSSR count). The molecule has 3 nitrogen and oxygen atoms in total. The lowest BCUT2D eigenvalue weighted by Crippen LogP contribution is -2.30. The van der Waals surface area contributed by atoms with Crippen LogP contribution in [0, 0.1) is 29.6 Å². The molecule has 1 heterocycles. The first-order valence-electron chi connectivity index (χ1n) is 10.8. The topological polar surface area (TPSA) is 42.4 Å². The van der Waals surface area contributed by atoms with Crippen LogP contribution in [0.5, 0.6) is 0 Å². The Balaban J connectivity index is 1.94. The first-order chi connectivity index (χ1) is 14.0. The Kier molecular flexibility index (Phi) is 8.13. The number of hydrogen-bond acceptors (Lipinski definition) is 4. The molecule has 30 heavy (non-hydrogen) atoms. The third kappa shape index (κ3) is 5.65. The summed E-state index contributed by atoms with van der Waals surface area (Å²) in [4.78, 5) is 4.52. The molecular weight excluding hydrogens is 390 g/mol. The molecule has 0 aromatic carbocycles. The molecule has 164 valence electrons. The summed E-state index contributed by atoms with van der Waals surface area (Å²) in [5.74, 6) is 3.69. The molecule has 0 amide bonds. The average Bonchev–Trinajstić information content (AvgIpc) is 3.31. The van der Waals surface area contributed by atoms with E-state index >= 15 is 0 Å². The highest BCUT2D eigenvalue weighted by molar-refractivity contribution is 7.10. The third-order valence-corrected chi connectivity index (χ3v) is 7.28. The van der Waals surface area contributed by atoms with Crippen LogP contribution in [-0.4, -0.2) is 22.3 Å². The molecule has 1 aromatic heterocycles. The van der Waals surface area contributed by atoms with Crippen molar-refractivity contribution in [3.05, 3.63) is 46.1 Å². The van der Waals surface area contributed by atoms with Gasteiger partial charge in [0.1, 0.15) is 6.10 Å². The maximum Gasteiger partial charge on any atom is 0.167 e. The Morgan fingerprint density at radius 2 is 2.07 bits per heavy atom. The van der Waals surface area contributed by atoms with E-state index in [1.165, 1.54) is 22.5 Å². The van der Waals surface area contributed by atoms with Crippen molar-refractivity contribution in [2.24, 2.45) is 17.3 Å². The molecule has 0 radical (unpaired) electrons. The lowest BCUT2D eigenvalue weighted by atomic mass is 9.72. The van der Waals surface area contributed by atoms with E-state index in [0.717, 1.165) is 47.7 Å². The van der Waals surface area contributed by atoms with Crippen LogP contribution in [0.2, 0.25) is 0 Å². The predicted molar refractivity (Wildman–Crippen MR) is 128 cm³/mol. The number of nitrogens with zero attached hydrogens (tertiary/aromatic N) is 1. The number of aromatic nitrogens is 1. The second-order valence-corrected chi connectivity index (χ2v) is 10.3. The molecule has 3 atom stereocenters. The maximum atomic E-state index is 10.4. The smallest absolute Gasteiger partial charge is 0.167 e. The van der Waals surface area contributed by atoms with Gasteiger partial charge in [-0.05, 0) is 54.6 Å². The van der Waals surface area contributed by atoms with Gasteiger partial charge >= 0.3 is 0 Å². The largest absolute Gasteiger partial charge is 0.491 e. The Bertz CT molecular complexity index is 853. The minimum atomic E-state index is -0.373. The van der Waals surface area contributed by atoms with Crippen molar-refractivity contribution in [1.82, 2.24) is 4.98 Å². The van der Waals surface area contributed by atoms with E-state index in [9.17, 15) is 5.11 Å². The van der Waals surface area contributed by atoms with Gasteiger partial charge in [-0.25, -0.2) is 4.98 Å². The van der Waals surface area contributed by atoms with Gasteiger partial charge in [-0.2, -0.15) is 0 Å². The fraction of sp³-hybridized carbons (Fsp3) is 0.577. The monoisotopic (exact) mass is 427 g/mol. The van der Waals surface area contributed by atoms with Gasteiger partial charge in [0.05, 0.1) is 17.6 Å². The van der Waals surface area contributed by atoms with E-state index in [0.29, 0.717) is 0 Å². The Morgan fingerprint density at radius 1 is 1.40 bits per heavy atom. The van der Waals surface area contributed by atoms with Crippen LogP contribution in [-0.2, 0) is 4.74 Å². The van der Waals surface area contributed by atoms with Crippen LogP contribution in [0.1, 0.15) is 77.9 Å². The lowest BCUT2D eigenvalue weighted by Gasteiger charge is -2.35. The summed E-state index contributed by atoms with van der Waals surface area (Å²) in [6, 6.07) is 0. The van der Waals surface area contributed by atoms with Gasteiger partial charge in [0.2, 0.25) is 0 Å². The van der Waals surface area contributed by atoms with E-state index < -0.39 is 0 Å². The van der Waals surface area contributed by atoms with Gasteiger partial charge in [-0.15, -0.1) is 17.8 Å². The molecule has 0 aliphatic heterocycles. The van der Waals surface area contributed by atoms with Gasteiger partial charge in [0.25, 0.3) is 0 Å². The average molecular weight is 428 g/mol. The molecule has 0 bridgehead atoms. The predicted octanol–water partition coefficient (Wildman–Crippen LogP) is 6.61. The molecule has 1 aliphatic carbocycles. The van der Waals surface area contributed by atoms with E-state index in [-0.39, 0.29) is 29.5 Å². The van der Waals surface area contributed by atoms with E-state index in [2.05, 4.69) is 51.8 Å². The highest BCUT2D eigenvalue weighted by Gasteiger charge is 2.31. The molecule has 0 saturated carbocycles. The molecular formula is C26H37NO2S. The first-order valence-corrected chi connectivity index (χ1v) is 11.7. The minimum absolute atomic E-state index is 0.0523. The summed E-state index contributed by atoms with van der Waals surface area (Å²) in [5, 5.41) is 13.2. The number of ether oxygens (including phenoxy) is 1. The number of hydrogen-bond donors (Lipinski definition) is 1. The second-order valence-electron chi connectivity index (χ2n) is 9.46. The number of terminal acetylenes is 1. The number of rotatable bonds is 10. The van der Waals surface area contributed by atoms with Crippen LogP contribution in [0.15, 0.2) is 35.4 Å². The highest BCUT2D eigenvalue weighted by atomic mass is 32.1. The molecule has 0 saturated heterocycles. The van der Waals surface area contributed by atoms with Crippen LogP contribution in [0.3, 0.4) is 0 Å². The van der Waals surface area contributed by atoms with Gasteiger partial charge in [-0.3, -0.25) is 0 Å². The van der Waals surface area contributed by atoms with Crippen molar-refractivity contribution >= 4 is 16.9 Å². The molecule has 1 aliphatic rings. The van der Waals surface area contributed by atoms with Crippen molar-refractivity contribution in [3.8, 4) is 12.3 Å². The zero-order valence-corrected chi connectivity index (χ0v) is 20.2. The number of thiazole rings is 1. The standard InChI is InChI=1S/C26H37NO2S/c1-10-24-27-22(15-30-24)21-11-12-23(19(21)6)29-17(4)13-14-26(8,9)20(7)18(5)25(28)16(2)3/h1,15-16,18,23,25,28H,4,7,11-14H2,2-3,5-6,8-9H3/t18-,23-,25-/m0/s1. The van der Waals surface area contributed by atoms with Crippen LogP contribution in [0.4, 0.5) is 0 Å². The number of aliphatic hydroxyl groups is 1. The summed E-state index contributed by atoms with van der Waals surface area (Å²) in [6.07, 6.45) is 8.68. The van der Waals surface area contributed by atoms with Crippen LogP contribution < -0.4 is 0 Å². The third-order valence-electron chi connectivity index (χ3n) is 6.50. The van der Waals surface area contributed by atoms with Crippen LogP contribution >= 0.6 is 11.3 Å². The Labute approximate surface area is 187 Å². The van der Waals surface area contributed by atoms with Gasteiger partial charge in [0.15, 0.2) is 5.01 Å². The normalized spacial score (nSPS) is 19.0. The lowest BCUT2D eigenvalue weighted by molar-refractivity contribution is 0.0769. The minimum Gasteiger partial charge on any atom is -0.491 e. The van der Waals surface area contributed by atoms with Crippen molar-refractivity contribution < 1.29 is 9.84 Å². The van der Waals surface area contributed by atoms with Gasteiger partial charge < -0.3 is 9.84 Å². The van der Waals surface area contributed by atoms with Crippen molar-refractivity contribution in [3.63, 3.8) is 0 Å². The Hall–Kier alpha value is -1.83. The quantitative estimate of drug-likeness (QED) is 0.260. The molecule has 0 spiro atoms. The van der Waals surface area contributed by atoms with E-state index in [4.69, 9.17) is 11.2 Å². The summed E-state index contributed by atoms with van der Waals surface area (Å²) in [6.45, 7) is 21.1. The number of aliphatic hydroxyl groups excluding tert-OH is 1. The zero-order chi connectivity index (χ0) is 22.6. The first kappa shape index (κ1) is 24.4. The summed E-state index contributed by atoms with van der Waals surface area (Å²) in [5.41, 5.74) is 4.44. The molecule has 1 N–H and O–H groups in total. The van der Waals surface area contributed by atoms with E-state index in [1.807, 2.05) is 19.2 Å². The Morgan fingerprint density at radius 3 is 2.63 bits per heavy atom. The highest BCUT2D eigenvalue weighted by Crippen LogP contribution is 2.40. The van der Waals surface area contributed by atoms with Gasteiger partial charge in [-0.1, -0.05) is 53.3 Å². The van der Waals surface area contributed by atoms with Crippen LogP contribution in [0.25, 0.3) is 5.57 Å². The van der Waals surface area contributed by atoms with Crippen molar-refractivity contribution in [2.75, 3.05) is 0 Å². The van der Waals surface area contributed by atoms with Gasteiger partial charge in [0, 0.05) is 17.7 Å². The van der Waals surface area contributed by atoms with Crippen molar-refractivity contribution in [1.29, 1.82) is 0 Å². The second kappa shape index (κ2) is 9.98. The molecule has 4 heteroatoms. The summed E-state index contributed by atoms with van der Waals surface area (Å²) >= 11 is 1.51. The fourth-order valence-electron chi connectivity index (χ4n) is 4.11. The zero-order valence-electron chi connectivity index (χ0n) is 19.4. The summed E-state index contributed by atoms with van der Waals surface area (Å²) in [7, 11) is 0.